The second-order valence-corrected chi connectivity index (χ2v) is 6.11. The zero-order valence-electron chi connectivity index (χ0n) is 11.2. The maximum absolute atomic E-state index is 12.3. The number of hydrogen-bond donors (Lipinski definition) is 2. The van der Waals surface area contributed by atoms with E-state index in [9.17, 15) is 9.90 Å². The monoisotopic (exact) mass is 325 g/mol. The Labute approximate surface area is 122 Å². The van der Waals surface area contributed by atoms with Crippen LogP contribution in [-0.4, -0.2) is 17.1 Å². The summed E-state index contributed by atoms with van der Waals surface area (Å²) < 4.78 is 0.797. The van der Waals surface area contributed by atoms with Crippen molar-refractivity contribution in [3.8, 4) is 5.75 Å². The Morgan fingerprint density at radius 3 is 2.89 bits per heavy atom. The number of phenols is 1. The van der Waals surface area contributed by atoms with Gasteiger partial charge in [0, 0.05) is 10.5 Å². The summed E-state index contributed by atoms with van der Waals surface area (Å²) in [5, 5.41) is 12.9. The lowest BCUT2D eigenvalue weighted by Crippen LogP contribution is -2.41. The molecule has 2 rings (SSSR count). The molecule has 2 unspecified atom stereocenters. The molecular formula is C15H20BrNO2. The van der Waals surface area contributed by atoms with E-state index in [1.807, 2.05) is 0 Å². The number of halogens is 1. The molecule has 2 atom stereocenters. The Morgan fingerprint density at radius 2 is 2.16 bits per heavy atom. The fraction of sp³-hybridized carbons (Fsp3) is 0.533. The van der Waals surface area contributed by atoms with Crippen molar-refractivity contribution in [3.63, 3.8) is 0 Å². The summed E-state index contributed by atoms with van der Waals surface area (Å²) in [5.41, 5.74) is 0.342. The van der Waals surface area contributed by atoms with Crippen molar-refractivity contribution in [2.75, 3.05) is 0 Å². The van der Waals surface area contributed by atoms with Gasteiger partial charge in [-0.2, -0.15) is 0 Å². The highest BCUT2D eigenvalue weighted by molar-refractivity contribution is 9.10. The predicted octanol–water partition coefficient (Wildman–Crippen LogP) is 3.85. The Morgan fingerprint density at radius 1 is 1.42 bits per heavy atom. The van der Waals surface area contributed by atoms with Gasteiger partial charge in [-0.15, -0.1) is 0 Å². The van der Waals surface area contributed by atoms with Crippen molar-refractivity contribution in [1.29, 1.82) is 0 Å². The highest BCUT2D eigenvalue weighted by Gasteiger charge is 2.26. The quantitative estimate of drug-likeness (QED) is 0.886. The first-order valence-corrected chi connectivity index (χ1v) is 7.70. The van der Waals surface area contributed by atoms with Crippen molar-refractivity contribution in [3.05, 3.63) is 28.2 Å². The van der Waals surface area contributed by atoms with E-state index < -0.39 is 0 Å². The number of amides is 1. The smallest absolute Gasteiger partial charge is 0.255 e. The molecule has 0 spiro atoms. The van der Waals surface area contributed by atoms with Gasteiger partial charge in [0.15, 0.2) is 0 Å². The lowest BCUT2D eigenvalue weighted by atomic mass is 9.83. The van der Waals surface area contributed by atoms with Crippen LogP contribution in [0.15, 0.2) is 22.7 Å². The molecule has 2 N–H and O–H groups in total. The van der Waals surface area contributed by atoms with E-state index in [0.717, 1.165) is 17.3 Å². The van der Waals surface area contributed by atoms with Gasteiger partial charge < -0.3 is 10.4 Å². The minimum absolute atomic E-state index is 0.0320. The van der Waals surface area contributed by atoms with Crippen LogP contribution < -0.4 is 5.32 Å². The Bertz CT molecular complexity index is 461. The van der Waals surface area contributed by atoms with Crippen molar-refractivity contribution in [1.82, 2.24) is 5.32 Å². The van der Waals surface area contributed by atoms with Crippen LogP contribution in [0.4, 0.5) is 0 Å². The molecule has 1 saturated carbocycles. The molecule has 1 aromatic rings. The average Bonchev–Trinajstić information content (AvgIpc) is 2.42. The minimum Gasteiger partial charge on any atom is -0.507 e. The fourth-order valence-electron chi connectivity index (χ4n) is 2.82. The van der Waals surface area contributed by atoms with Gasteiger partial charge in [-0.1, -0.05) is 42.1 Å². The van der Waals surface area contributed by atoms with Crippen LogP contribution in [0, 0.1) is 5.92 Å². The Balaban J connectivity index is 2.09. The van der Waals surface area contributed by atoms with E-state index in [1.165, 1.54) is 25.3 Å². The summed E-state index contributed by atoms with van der Waals surface area (Å²) >= 11 is 3.32. The number of carbonyl (C=O) groups is 1. The molecule has 0 radical (unpaired) electrons. The van der Waals surface area contributed by atoms with Crippen LogP contribution in [0.2, 0.25) is 0 Å². The number of rotatable bonds is 3. The largest absolute Gasteiger partial charge is 0.507 e. The van der Waals surface area contributed by atoms with E-state index in [1.54, 1.807) is 12.1 Å². The van der Waals surface area contributed by atoms with Gasteiger partial charge in [0.05, 0.1) is 5.56 Å². The molecule has 0 heterocycles. The Kier molecular flexibility index (Phi) is 4.86. The van der Waals surface area contributed by atoms with Gasteiger partial charge in [-0.3, -0.25) is 4.79 Å². The van der Waals surface area contributed by atoms with Gasteiger partial charge in [0.2, 0.25) is 0 Å². The third-order valence-corrected chi connectivity index (χ3v) is 4.45. The molecule has 0 aliphatic heterocycles. The molecule has 0 bridgehead atoms. The lowest BCUT2D eigenvalue weighted by Gasteiger charge is -2.31. The third kappa shape index (κ3) is 3.50. The van der Waals surface area contributed by atoms with Crippen LogP contribution >= 0.6 is 15.9 Å². The zero-order chi connectivity index (χ0) is 13.8. The van der Waals surface area contributed by atoms with E-state index >= 15 is 0 Å². The summed E-state index contributed by atoms with van der Waals surface area (Å²) in [4.78, 5) is 12.3. The molecule has 1 aliphatic rings. The van der Waals surface area contributed by atoms with Gasteiger partial charge >= 0.3 is 0 Å². The highest BCUT2D eigenvalue weighted by Crippen LogP contribution is 2.28. The van der Waals surface area contributed by atoms with Crippen molar-refractivity contribution in [2.45, 2.75) is 45.1 Å². The first-order valence-electron chi connectivity index (χ1n) is 6.91. The van der Waals surface area contributed by atoms with Gasteiger partial charge in [-0.05, 0) is 37.0 Å². The van der Waals surface area contributed by atoms with E-state index in [-0.39, 0.29) is 17.7 Å². The molecule has 3 nitrogen and oxygen atoms in total. The Hall–Kier alpha value is -1.03. The number of benzene rings is 1. The van der Waals surface area contributed by atoms with Crippen molar-refractivity contribution < 1.29 is 9.90 Å². The van der Waals surface area contributed by atoms with E-state index in [4.69, 9.17) is 0 Å². The van der Waals surface area contributed by atoms with Crippen molar-refractivity contribution in [2.24, 2.45) is 5.92 Å². The molecule has 1 amide bonds. The summed E-state index contributed by atoms with van der Waals surface area (Å²) in [5.74, 6) is 0.417. The summed E-state index contributed by atoms with van der Waals surface area (Å²) in [7, 11) is 0. The first kappa shape index (κ1) is 14.4. The predicted molar refractivity (Wildman–Crippen MR) is 79.3 cm³/mol. The van der Waals surface area contributed by atoms with E-state index in [0.29, 0.717) is 11.5 Å². The maximum atomic E-state index is 12.3. The SMILES string of the molecule is CCC1CCCCC1NC(=O)c1cc(Br)ccc1O. The standard InChI is InChI=1S/C15H20BrNO2/c1-2-10-5-3-4-6-13(10)17-15(19)12-9-11(16)7-8-14(12)18/h7-10,13,18H,2-6H2,1H3,(H,17,19). The van der Waals surface area contributed by atoms with Crippen LogP contribution in [0.5, 0.6) is 5.75 Å². The van der Waals surface area contributed by atoms with Crippen LogP contribution in [0.1, 0.15) is 49.4 Å². The average molecular weight is 326 g/mol. The minimum atomic E-state index is -0.177. The molecule has 0 aromatic heterocycles. The molecule has 1 fully saturated rings. The maximum Gasteiger partial charge on any atom is 0.255 e. The molecule has 0 saturated heterocycles. The van der Waals surface area contributed by atoms with Gasteiger partial charge in [0.25, 0.3) is 5.91 Å². The van der Waals surface area contributed by atoms with Crippen LogP contribution in [0.25, 0.3) is 0 Å². The highest BCUT2D eigenvalue weighted by atomic mass is 79.9. The summed E-state index contributed by atoms with van der Waals surface area (Å²) in [6.07, 6.45) is 5.75. The summed E-state index contributed by atoms with van der Waals surface area (Å²) in [6, 6.07) is 5.16. The number of aromatic hydroxyl groups is 1. The van der Waals surface area contributed by atoms with Crippen LogP contribution in [0.3, 0.4) is 0 Å². The van der Waals surface area contributed by atoms with Crippen molar-refractivity contribution >= 4 is 21.8 Å². The zero-order valence-corrected chi connectivity index (χ0v) is 12.7. The summed E-state index contributed by atoms with van der Waals surface area (Å²) in [6.45, 7) is 2.17. The van der Waals surface area contributed by atoms with E-state index in [2.05, 4.69) is 28.2 Å². The number of phenolic OH excluding ortho intramolecular Hbond substituents is 1. The molecular weight excluding hydrogens is 306 g/mol. The molecule has 19 heavy (non-hydrogen) atoms. The number of hydrogen-bond acceptors (Lipinski definition) is 2. The van der Waals surface area contributed by atoms with Gasteiger partial charge in [0.1, 0.15) is 5.75 Å². The molecule has 1 aliphatic carbocycles. The fourth-order valence-corrected chi connectivity index (χ4v) is 3.18. The second-order valence-electron chi connectivity index (χ2n) is 5.19. The second kappa shape index (κ2) is 6.42. The van der Waals surface area contributed by atoms with Gasteiger partial charge in [-0.25, -0.2) is 0 Å². The first-order chi connectivity index (χ1) is 9.11. The lowest BCUT2D eigenvalue weighted by molar-refractivity contribution is 0.0902. The van der Waals surface area contributed by atoms with Crippen LogP contribution in [-0.2, 0) is 0 Å². The normalized spacial score (nSPS) is 23.1. The molecule has 4 heteroatoms. The number of carbonyl (C=O) groups excluding carboxylic acids is 1. The molecule has 104 valence electrons. The topological polar surface area (TPSA) is 49.3 Å². The number of nitrogens with one attached hydrogen (secondary N) is 1. The third-order valence-electron chi connectivity index (χ3n) is 3.95. The molecule has 1 aromatic carbocycles.